The molecule has 0 spiro atoms. The highest BCUT2D eigenvalue weighted by Gasteiger charge is 2.18. The summed E-state index contributed by atoms with van der Waals surface area (Å²) in [5.74, 6) is 0.295. The predicted octanol–water partition coefficient (Wildman–Crippen LogP) is 1.90. The van der Waals surface area contributed by atoms with E-state index in [1.165, 1.54) is 0 Å². The van der Waals surface area contributed by atoms with Crippen molar-refractivity contribution in [1.82, 2.24) is 20.2 Å². The van der Waals surface area contributed by atoms with Crippen LogP contribution < -0.4 is 0 Å². The number of tetrazole rings is 1. The Labute approximate surface area is 125 Å². The first-order chi connectivity index (χ1) is 10.00. The lowest BCUT2D eigenvalue weighted by Crippen LogP contribution is -2.13. The molecule has 1 aromatic carbocycles. The SMILES string of the molecule is CCCCn1nnnc1CS(=O)(=O)Cc1cccc(C)c1. The number of benzene rings is 1. The van der Waals surface area contributed by atoms with Gasteiger partial charge in [-0.05, 0) is 29.3 Å². The molecule has 0 aliphatic heterocycles. The molecule has 0 unspecified atom stereocenters. The Balaban J connectivity index is 2.09. The van der Waals surface area contributed by atoms with Crippen LogP contribution in [0.15, 0.2) is 24.3 Å². The molecule has 0 radical (unpaired) electrons. The molecule has 0 bridgehead atoms. The van der Waals surface area contributed by atoms with Crippen LogP contribution in [-0.2, 0) is 27.9 Å². The van der Waals surface area contributed by atoms with E-state index < -0.39 is 9.84 Å². The van der Waals surface area contributed by atoms with Crippen molar-refractivity contribution >= 4 is 9.84 Å². The third-order valence-electron chi connectivity index (χ3n) is 3.15. The molecular formula is C14H20N4O2S. The molecule has 0 saturated carbocycles. The standard InChI is InChI=1S/C14H20N4O2S/c1-3-4-8-18-14(15-16-17-18)11-21(19,20)10-13-7-5-6-12(2)9-13/h5-7,9H,3-4,8,10-11H2,1-2H3. The molecule has 114 valence electrons. The number of aromatic nitrogens is 4. The van der Waals surface area contributed by atoms with E-state index in [0.717, 1.165) is 24.0 Å². The average Bonchev–Trinajstić information content (AvgIpc) is 2.82. The van der Waals surface area contributed by atoms with Crippen molar-refractivity contribution in [1.29, 1.82) is 0 Å². The Kier molecular flexibility index (Phi) is 5.06. The van der Waals surface area contributed by atoms with Crippen molar-refractivity contribution in [2.24, 2.45) is 0 Å². The molecule has 0 fully saturated rings. The van der Waals surface area contributed by atoms with E-state index in [0.29, 0.717) is 12.4 Å². The van der Waals surface area contributed by atoms with Crippen molar-refractivity contribution in [2.75, 3.05) is 0 Å². The molecule has 6 nitrogen and oxygen atoms in total. The zero-order valence-electron chi connectivity index (χ0n) is 12.4. The van der Waals surface area contributed by atoms with Crippen LogP contribution in [0.5, 0.6) is 0 Å². The highest BCUT2D eigenvalue weighted by atomic mass is 32.2. The fourth-order valence-electron chi connectivity index (χ4n) is 2.11. The Hall–Kier alpha value is -1.76. The Morgan fingerprint density at radius 1 is 1.24 bits per heavy atom. The molecule has 7 heteroatoms. The van der Waals surface area contributed by atoms with Gasteiger partial charge in [-0.25, -0.2) is 13.1 Å². The molecule has 0 aliphatic carbocycles. The minimum atomic E-state index is -3.29. The molecule has 21 heavy (non-hydrogen) atoms. The van der Waals surface area contributed by atoms with Crippen LogP contribution in [0.3, 0.4) is 0 Å². The van der Waals surface area contributed by atoms with Crippen LogP contribution in [0.25, 0.3) is 0 Å². The topological polar surface area (TPSA) is 77.7 Å². The van der Waals surface area contributed by atoms with E-state index in [-0.39, 0.29) is 11.5 Å². The second kappa shape index (κ2) is 6.80. The van der Waals surface area contributed by atoms with Gasteiger partial charge in [0.25, 0.3) is 0 Å². The molecule has 0 aliphatic rings. The van der Waals surface area contributed by atoms with E-state index in [1.807, 2.05) is 31.2 Å². The van der Waals surface area contributed by atoms with E-state index in [4.69, 9.17) is 0 Å². The first-order valence-corrected chi connectivity index (χ1v) is 8.83. The van der Waals surface area contributed by atoms with Crippen LogP contribution in [0, 0.1) is 6.92 Å². The number of nitrogens with zero attached hydrogens (tertiary/aromatic N) is 4. The van der Waals surface area contributed by atoms with Gasteiger partial charge in [0.15, 0.2) is 15.7 Å². The summed E-state index contributed by atoms with van der Waals surface area (Å²) in [6.45, 7) is 4.67. The lowest BCUT2D eigenvalue weighted by molar-refractivity contribution is 0.535. The maximum Gasteiger partial charge on any atom is 0.166 e. The molecule has 0 atom stereocenters. The molecule has 1 heterocycles. The van der Waals surface area contributed by atoms with Gasteiger partial charge >= 0.3 is 0 Å². The second-order valence-corrected chi connectivity index (χ2v) is 7.26. The normalized spacial score (nSPS) is 11.7. The van der Waals surface area contributed by atoms with Crippen LogP contribution in [-0.4, -0.2) is 28.6 Å². The predicted molar refractivity (Wildman–Crippen MR) is 80.2 cm³/mol. The minimum absolute atomic E-state index is 0.00924. The van der Waals surface area contributed by atoms with Crippen LogP contribution in [0.4, 0.5) is 0 Å². The van der Waals surface area contributed by atoms with E-state index in [9.17, 15) is 8.42 Å². The lowest BCUT2D eigenvalue weighted by atomic mass is 10.2. The highest BCUT2D eigenvalue weighted by molar-refractivity contribution is 7.89. The average molecular weight is 308 g/mol. The highest BCUT2D eigenvalue weighted by Crippen LogP contribution is 2.12. The Morgan fingerprint density at radius 3 is 2.76 bits per heavy atom. The molecule has 2 rings (SSSR count). The van der Waals surface area contributed by atoms with Gasteiger partial charge in [-0.1, -0.05) is 43.2 Å². The number of hydrogen-bond donors (Lipinski definition) is 0. The van der Waals surface area contributed by atoms with Crippen molar-refractivity contribution < 1.29 is 8.42 Å². The maximum absolute atomic E-state index is 12.3. The summed E-state index contributed by atoms with van der Waals surface area (Å²) in [6.07, 6.45) is 1.94. The monoisotopic (exact) mass is 308 g/mol. The number of rotatable bonds is 7. The lowest BCUT2D eigenvalue weighted by Gasteiger charge is -2.06. The Bertz CT molecular complexity index is 695. The third-order valence-corrected chi connectivity index (χ3v) is 4.62. The summed E-state index contributed by atoms with van der Waals surface area (Å²) in [6, 6.07) is 7.52. The van der Waals surface area contributed by atoms with Gasteiger partial charge in [-0.3, -0.25) is 0 Å². The van der Waals surface area contributed by atoms with Crippen LogP contribution in [0.1, 0.15) is 36.7 Å². The van der Waals surface area contributed by atoms with E-state index in [2.05, 4.69) is 22.4 Å². The van der Waals surface area contributed by atoms with Gasteiger partial charge in [-0.15, -0.1) is 5.10 Å². The van der Waals surface area contributed by atoms with Crippen molar-refractivity contribution in [2.45, 2.75) is 44.7 Å². The first kappa shape index (κ1) is 15.6. The number of unbranched alkanes of at least 4 members (excludes halogenated alkanes) is 1. The van der Waals surface area contributed by atoms with Gasteiger partial charge in [0.05, 0.1) is 5.75 Å². The molecule has 1 aromatic heterocycles. The minimum Gasteiger partial charge on any atom is -0.229 e. The fraction of sp³-hybridized carbons (Fsp3) is 0.500. The van der Waals surface area contributed by atoms with E-state index >= 15 is 0 Å². The largest absolute Gasteiger partial charge is 0.229 e. The third kappa shape index (κ3) is 4.63. The number of sulfone groups is 1. The zero-order valence-corrected chi connectivity index (χ0v) is 13.2. The van der Waals surface area contributed by atoms with Gasteiger partial charge in [0, 0.05) is 6.54 Å². The van der Waals surface area contributed by atoms with Crippen molar-refractivity contribution in [3.8, 4) is 0 Å². The summed E-state index contributed by atoms with van der Waals surface area (Å²) in [5, 5.41) is 11.3. The first-order valence-electron chi connectivity index (χ1n) is 7.01. The quantitative estimate of drug-likeness (QED) is 0.780. The van der Waals surface area contributed by atoms with Gasteiger partial charge in [0.2, 0.25) is 0 Å². The Morgan fingerprint density at radius 2 is 2.05 bits per heavy atom. The van der Waals surface area contributed by atoms with Gasteiger partial charge < -0.3 is 0 Å². The van der Waals surface area contributed by atoms with Crippen molar-refractivity contribution in [3.05, 3.63) is 41.2 Å². The summed E-state index contributed by atoms with van der Waals surface area (Å²) in [7, 11) is -3.29. The molecule has 2 aromatic rings. The summed E-state index contributed by atoms with van der Waals surface area (Å²) in [5.41, 5.74) is 1.85. The summed E-state index contributed by atoms with van der Waals surface area (Å²) in [4.78, 5) is 0. The smallest absolute Gasteiger partial charge is 0.166 e. The molecule has 0 saturated heterocycles. The zero-order chi connectivity index (χ0) is 15.3. The number of hydrogen-bond acceptors (Lipinski definition) is 5. The molecule has 0 N–H and O–H groups in total. The van der Waals surface area contributed by atoms with Crippen molar-refractivity contribution in [3.63, 3.8) is 0 Å². The summed E-state index contributed by atoms with van der Waals surface area (Å²) >= 11 is 0. The summed E-state index contributed by atoms with van der Waals surface area (Å²) < 4.78 is 26.2. The molecule has 0 amide bonds. The van der Waals surface area contributed by atoms with Crippen LogP contribution in [0.2, 0.25) is 0 Å². The fourth-order valence-corrected chi connectivity index (χ4v) is 3.50. The molecular weight excluding hydrogens is 288 g/mol. The van der Waals surface area contributed by atoms with Crippen LogP contribution >= 0.6 is 0 Å². The number of aryl methyl sites for hydroxylation is 2. The van der Waals surface area contributed by atoms with Gasteiger partial charge in [0.1, 0.15) is 5.75 Å². The van der Waals surface area contributed by atoms with Gasteiger partial charge in [-0.2, -0.15) is 0 Å². The maximum atomic E-state index is 12.3. The van der Waals surface area contributed by atoms with E-state index in [1.54, 1.807) is 4.68 Å². The second-order valence-electron chi connectivity index (χ2n) is 5.19.